The van der Waals surface area contributed by atoms with Crippen molar-refractivity contribution >= 4 is 9.84 Å². The molecule has 96 valence electrons. The van der Waals surface area contributed by atoms with Gasteiger partial charge >= 0.3 is 0 Å². The molecule has 0 spiro atoms. The normalized spacial score (nSPS) is 20.7. The Hall–Kier alpha value is -0.0900. The summed E-state index contributed by atoms with van der Waals surface area (Å²) in [6.45, 7) is 7.17. The van der Waals surface area contributed by atoms with Crippen LogP contribution in [0.3, 0.4) is 0 Å². The summed E-state index contributed by atoms with van der Waals surface area (Å²) in [4.78, 5) is 0. The highest BCUT2D eigenvalue weighted by Gasteiger charge is 2.46. The molecule has 0 aromatic heterocycles. The number of rotatable bonds is 8. The van der Waals surface area contributed by atoms with Gasteiger partial charge in [-0.2, -0.15) is 0 Å². The van der Waals surface area contributed by atoms with Gasteiger partial charge in [0.1, 0.15) is 9.84 Å². The van der Waals surface area contributed by atoms with Crippen LogP contribution in [0.2, 0.25) is 0 Å². The molecule has 1 atom stereocenters. The molecule has 1 N–H and O–H groups in total. The van der Waals surface area contributed by atoms with E-state index in [0.717, 1.165) is 19.4 Å². The maximum Gasteiger partial charge on any atom is 0.150 e. The molecule has 1 unspecified atom stereocenters. The van der Waals surface area contributed by atoms with Crippen molar-refractivity contribution in [2.24, 2.45) is 5.41 Å². The molecule has 0 heterocycles. The van der Waals surface area contributed by atoms with E-state index in [1.165, 1.54) is 12.8 Å². The quantitative estimate of drug-likeness (QED) is 0.713. The Labute approximate surface area is 99.9 Å². The van der Waals surface area contributed by atoms with Crippen molar-refractivity contribution in [3.63, 3.8) is 0 Å². The molecule has 0 aliphatic heterocycles. The molecular weight excluding hydrogens is 222 g/mol. The van der Waals surface area contributed by atoms with E-state index in [9.17, 15) is 8.42 Å². The summed E-state index contributed by atoms with van der Waals surface area (Å²) in [5.74, 6) is 0.718. The molecule has 1 saturated carbocycles. The van der Waals surface area contributed by atoms with Gasteiger partial charge in [0.2, 0.25) is 0 Å². The summed E-state index contributed by atoms with van der Waals surface area (Å²) in [5, 5.41) is 3.42. The molecule has 1 aliphatic carbocycles. The highest BCUT2D eigenvalue weighted by molar-refractivity contribution is 7.91. The largest absolute Gasteiger partial charge is 0.314 e. The van der Waals surface area contributed by atoms with Crippen LogP contribution in [0.1, 0.15) is 46.5 Å². The van der Waals surface area contributed by atoms with Crippen molar-refractivity contribution < 1.29 is 8.42 Å². The van der Waals surface area contributed by atoms with Gasteiger partial charge in [0.05, 0.1) is 5.75 Å². The van der Waals surface area contributed by atoms with Crippen LogP contribution < -0.4 is 5.32 Å². The van der Waals surface area contributed by atoms with E-state index in [1.807, 2.05) is 6.92 Å². The Kier molecular flexibility index (Phi) is 4.80. The minimum atomic E-state index is -2.80. The Morgan fingerprint density at radius 1 is 1.25 bits per heavy atom. The zero-order valence-corrected chi connectivity index (χ0v) is 11.6. The number of hydrogen-bond donors (Lipinski definition) is 1. The summed E-state index contributed by atoms with van der Waals surface area (Å²) < 4.78 is 23.3. The fraction of sp³-hybridized carbons (Fsp3) is 1.00. The first-order valence-corrected chi connectivity index (χ1v) is 8.22. The summed E-state index contributed by atoms with van der Waals surface area (Å²) in [5.41, 5.74) is 0.275. The third kappa shape index (κ3) is 3.74. The molecule has 0 bridgehead atoms. The van der Waals surface area contributed by atoms with E-state index >= 15 is 0 Å². The van der Waals surface area contributed by atoms with Gasteiger partial charge in [-0.15, -0.1) is 0 Å². The van der Waals surface area contributed by atoms with E-state index < -0.39 is 9.84 Å². The molecular formula is C12H25NO2S. The van der Waals surface area contributed by atoms with Crippen molar-refractivity contribution in [1.29, 1.82) is 0 Å². The fourth-order valence-corrected chi connectivity index (χ4v) is 3.90. The highest BCUT2D eigenvalue weighted by atomic mass is 32.2. The van der Waals surface area contributed by atoms with Crippen molar-refractivity contribution in [3.8, 4) is 0 Å². The second-order valence-corrected chi connectivity index (χ2v) is 7.35. The smallest absolute Gasteiger partial charge is 0.150 e. The van der Waals surface area contributed by atoms with Gasteiger partial charge in [-0.25, -0.2) is 8.42 Å². The van der Waals surface area contributed by atoms with E-state index in [0.29, 0.717) is 17.5 Å². The molecule has 0 amide bonds. The van der Waals surface area contributed by atoms with Crippen molar-refractivity contribution in [1.82, 2.24) is 5.32 Å². The molecule has 1 aliphatic rings. The van der Waals surface area contributed by atoms with Crippen molar-refractivity contribution in [2.75, 3.05) is 18.1 Å². The lowest BCUT2D eigenvalue weighted by molar-refractivity contribution is 0.348. The van der Waals surface area contributed by atoms with Crippen LogP contribution in [0.15, 0.2) is 0 Å². The van der Waals surface area contributed by atoms with Gasteiger partial charge in [-0.3, -0.25) is 0 Å². The topological polar surface area (TPSA) is 46.2 Å². The molecule has 0 radical (unpaired) electrons. The van der Waals surface area contributed by atoms with Gasteiger partial charge in [-0.1, -0.05) is 13.8 Å². The Morgan fingerprint density at radius 3 is 2.31 bits per heavy atom. The molecule has 4 heteroatoms. The zero-order valence-electron chi connectivity index (χ0n) is 10.8. The van der Waals surface area contributed by atoms with Crippen LogP contribution in [0.5, 0.6) is 0 Å². The summed E-state index contributed by atoms with van der Waals surface area (Å²) >= 11 is 0. The first-order chi connectivity index (χ1) is 7.46. The summed E-state index contributed by atoms with van der Waals surface area (Å²) in [6, 6.07) is 0.453. The Morgan fingerprint density at radius 2 is 1.88 bits per heavy atom. The van der Waals surface area contributed by atoms with Crippen molar-refractivity contribution in [3.05, 3.63) is 0 Å². The van der Waals surface area contributed by atoms with Gasteiger partial charge in [0.15, 0.2) is 0 Å². The van der Waals surface area contributed by atoms with Crippen molar-refractivity contribution in [2.45, 2.75) is 52.5 Å². The van der Waals surface area contributed by atoms with Crippen LogP contribution in [-0.2, 0) is 9.84 Å². The van der Waals surface area contributed by atoms with E-state index in [-0.39, 0.29) is 5.41 Å². The monoisotopic (exact) mass is 247 g/mol. The number of nitrogens with one attached hydrogen (secondary N) is 1. The van der Waals surface area contributed by atoms with Gasteiger partial charge in [0.25, 0.3) is 0 Å². The van der Waals surface area contributed by atoms with Crippen LogP contribution in [0.25, 0.3) is 0 Å². The lowest BCUT2D eigenvalue weighted by Gasteiger charge is -2.24. The molecule has 1 rings (SSSR count). The van der Waals surface area contributed by atoms with E-state index in [1.54, 1.807) is 0 Å². The second-order valence-electron chi connectivity index (χ2n) is 5.04. The van der Waals surface area contributed by atoms with Crippen LogP contribution in [0.4, 0.5) is 0 Å². The number of hydrogen-bond acceptors (Lipinski definition) is 3. The Balaban J connectivity index is 2.43. The predicted octanol–water partition coefficient (Wildman–Crippen LogP) is 1.98. The molecule has 1 fully saturated rings. The van der Waals surface area contributed by atoms with E-state index in [2.05, 4.69) is 19.2 Å². The summed E-state index contributed by atoms with van der Waals surface area (Å²) in [6.07, 6.45) is 3.94. The first kappa shape index (κ1) is 14.0. The SMILES string of the molecule is CCCS(=O)(=O)CCC1(C(C)NCC)CC1. The second kappa shape index (κ2) is 5.50. The third-order valence-electron chi connectivity index (χ3n) is 3.75. The average Bonchev–Trinajstić information content (AvgIpc) is 2.96. The lowest BCUT2D eigenvalue weighted by Crippen LogP contribution is -2.35. The maximum atomic E-state index is 11.7. The van der Waals surface area contributed by atoms with Gasteiger partial charge in [-0.05, 0) is 44.6 Å². The molecule has 16 heavy (non-hydrogen) atoms. The third-order valence-corrected chi connectivity index (χ3v) is 5.60. The minimum absolute atomic E-state index is 0.275. The predicted molar refractivity (Wildman–Crippen MR) is 68.4 cm³/mol. The lowest BCUT2D eigenvalue weighted by atomic mass is 9.95. The van der Waals surface area contributed by atoms with Crippen LogP contribution >= 0.6 is 0 Å². The molecule has 0 aromatic carbocycles. The Bertz CT molecular complexity index is 307. The standard InChI is InChI=1S/C12H25NO2S/c1-4-9-16(14,15)10-8-12(6-7-12)11(3)13-5-2/h11,13H,4-10H2,1-3H3. The zero-order chi connectivity index (χ0) is 12.2. The molecule has 3 nitrogen and oxygen atoms in total. The van der Waals surface area contributed by atoms with Gasteiger partial charge in [0, 0.05) is 11.8 Å². The molecule has 0 aromatic rings. The fourth-order valence-electron chi connectivity index (χ4n) is 2.35. The van der Waals surface area contributed by atoms with Crippen LogP contribution in [-0.4, -0.2) is 32.5 Å². The molecule has 0 saturated heterocycles. The van der Waals surface area contributed by atoms with Gasteiger partial charge < -0.3 is 5.32 Å². The van der Waals surface area contributed by atoms with E-state index in [4.69, 9.17) is 0 Å². The number of sulfone groups is 1. The van der Waals surface area contributed by atoms with Crippen LogP contribution in [0, 0.1) is 5.41 Å². The summed E-state index contributed by atoms with van der Waals surface area (Å²) in [7, 11) is -2.80. The minimum Gasteiger partial charge on any atom is -0.314 e. The highest BCUT2D eigenvalue weighted by Crippen LogP contribution is 2.51. The first-order valence-electron chi connectivity index (χ1n) is 6.39. The maximum absolute atomic E-state index is 11.7. The average molecular weight is 247 g/mol.